The molecular formula is C28H32N2O5. The first-order chi connectivity index (χ1) is 16.9. The molecule has 1 saturated carbocycles. The number of carbonyl (C=O) groups is 3. The number of aliphatic carboxylic acids is 1. The second-order valence-corrected chi connectivity index (χ2v) is 9.98. The number of rotatable bonds is 6. The van der Waals surface area contributed by atoms with E-state index < -0.39 is 5.97 Å². The lowest BCUT2D eigenvalue weighted by atomic mass is 9.82. The topological polar surface area (TPSA) is 92.8 Å². The van der Waals surface area contributed by atoms with E-state index in [1.807, 2.05) is 24.3 Å². The summed E-state index contributed by atoms with van der Waals surface area (Å²) in [7, 11) is 0. The number of ketones is 1. The average Bonchev–Trinajstić information content (AvgIpc) is 3.50. The third kappa shape index (κ3) is 4.51. The molecule has 7 heteroatoms. The SMILES string of the molecule is CC(=O)c1ccc2c(C3CCCCC3)c(-c3ccoc3)n(CC(=O)N3CCC(C(=O)O)CC3)c2c1. The molecule has 1 aliphatic carbocycles. The number of hydrogen-bond acceptors (Lipinski definition) is 4. The van der Waals surface area contributed by atoms with Crippen LogP contribution < -0.4 is 0 Å². The third-order valence-electron chi connectivity index (χ3n) is 7.81. The van der Waals surface area contributed by atoms with Crippen LogP contribution in [-0.2, 0) is 16.1 Å². The molecule has 5 rings (SSSR count). The number of benzene rings is 1. The predicted octanol–water partition coefficient (Wildman–Crippen LogP) is 5.47. The quantitative estimate of drug-likeness (QED) is 0.476. The van der Waals surface area contributed by atoms with Crippen LogP contribution in [0.5, 0.6) is 0 Å². The van der Waals surface area contributed by atoms with Crippen molar-refractivity contribution in [2.24, 2.45) is 5.92 Å². The van der Waals surface area contributed by atoms with Gasteiger partial charge >= 0.3 is 5.97 Å². The zero-order valence-electron chi connectivity index (χ0n) is 20.2. The van der Waals surface area contributed by atoms with Crippen molar-refractivity contribution in [1.29, 1.82) is 0 Å². The highest BCUT2D eigenvalue weighted by molar-refractivity contribution is 6.01. The van der Waals surface area contributed by atoms with Crippen molar-refractivity contribution in [1.82, 2.24) is 9.47 Å². The molecule has 1 N–H and O–H groups in total. The largest absolute Gasteiger partial charge is 0.481 e. The number of Topliss-reactive ketones (excluding diaryl/α,β-unsaturated/α-hetero) is 1. The van der Waals surface area contributed by atoms with Crippen molar-refractivity contribution in [3.63, 3.8) is 0 Å². The van der Waals surface area contributed by atoms with Gasteiger partial charge in [0.15, 0.2) is 5.78 Å². The molecule has 1 amide bonds. The van der Waals surface area contributed by atoms with E-state index in [0.29, 0.717) is 37.4 Å². The number of amides is 1. The van der Waals surface area contributed by atoms with E-state index in [2.05, 4.69) is 4.57 Å². The Morgan fingerprint density at radius 3 is 2.40 bits per heavy atom. The molecule has 1 aromatic carbocycles. The van der Waals surface area contributed by atoms with Crippen LogP contribution in [0.25, 0.3) is 22.2 Å². The number of aromatic nitrogens is 1. The summed E-state index contributed by atoms with van der Waals surface area (Å²) in [6.45, 7) is 2.60. The minimum absolute atomic E-state index is 0.00852. The van der Waals surface area contributed by atoms with Gasteiger partial charge in [-0.15, -0.1) is 0 Å². The molecule has 1 aliphatic heterocycles. The number of carbonyl (C=O) groups excluding carboxylic acids is 2. The summed E-state index contributed by atoms with van der Waals surface area (Å²) < 4.78 is 7.52. The zero-order chi connectivity index (χ0) is 24.5. The van der Waals surface area contributed by atoms with Crippen LogP contribution in [0.3, 0.4) is 0 Å². The number of fused-ring (bicyclic) bond motifs is 1. The van der Waals surface area contributed by atoms with Crippen LogP contribution in [-0.4, -0.2) is 45.3 Å². The van der Waals surface area contributed by atoms with Gasteiger partial charge in [0.25, 0.3) is 0 Å². The molecule has 7 nitrogen and oxygen atoms in total. The van der Waals surface area contributed by atoms with E-state index in [9.17, 15) is 19.5 Å². The normalized spacial score (nSPS) is 17.7. The Morgan fingerprint density at radius 1 is 1.03 bits per heavy atom. The van der Waals surface area contributed by atoms with E-state index in [-0.39, 0.29) is 24.2 Å². The van der Waals surface area contributed by atoms with Gasteiger partial charge in [0, 0.05) is 35.1 Å². The first kappa shape index (κ1) is 23.4. The minimum Gasteiger partial charge on any atom is -0.481 e. The number of piperidine rings is 1. The summed E-state index contributed by atoms with van der Waals surface area (Å²) in [5.41, 5.74) is 4.69. The van der Waals surface area contributed by atoms with Gasteiger partial charge in [-0.2, -0.15) is 0 Å². The van der Waals surface area contributed by atoms with Crippen molar-refractivity contribution in [3.05, 3.63) is 47.9 Å². The van der Waals surface area contributed by atoms with Crippen molar-refractivity contribution in [2.75, 3.05) is 13.1 Å². The van der Waals surface area contributed by atoms with Gasteiger partial charge in [0.2, 0.25) is 5.91 Å². The minimum atomic E-state index is -0.787. The van der Waals surface area contributed by atoms with E-state index in [0.717, 1.165) is 35.0 Å². The first-order valence-corrected chi connectivity index (χ1v) is 12.6. The standard InChI is InChI=1S/C28H32N2O5/c1-18(31)21-7-8-23-24(15-21)30(16-25(32)29-12-9-20(10-13-29)28(33)34)27(22-11-14-35-17-22)26(23)19-5-3-2-4-6-19/h7-8,11,14-15,17,19-20H,2-6,9-10,12-13,16H2,1H3,(H,33,34). The van der Waals surface area contributed by atoms with Crippen molar-refractivity contribution < 1.29 is 23.9 Å². The van der Waals surface area contributed by atoms with Gasteiger partial charge in [0.1, 0.15) is 6.54 Å². The third-order valence-corrected chi connectivity index (χ3v) is 7.81. The number of carboxylic acids is 1. The number of furan rings is 1. The van der Waals surface area contributed by atoms with Crippen LogP contribution in [0.2, 0.25) is 0 Å². The molecule has 2 fully saturated rings. The van der Waals surface area contributed by atoms with Gasteiger partial charge < -0.3 is 19.0 Å². The Hall–Kier alpha value is -3.35. The van der Waals surface area contributed by atoms with Crippen molar-refractivity contribution >= 4 is 28.6 Å². The lowest BCUT2D eigenvalue weighted by molar-refractivity contribution is -0.145. The van der Waals surface area contributed by atoms with Crippen LogP contribution in [0.4, 0.5) is 0 Å². The number of carboxylic acid groups (broad SMARTS) is 1. The Kier molecular flexibility index (Phi) is 6.50. The molecular weight excluding hydrogens is 444 g/mol. The Bertz CT molecular complexity index is 1240. The van der Waals surface area contributed by atoms with Crippen molar-refractivity contribution in [2.45, 2.75) is 64.3 Å². The Morgan fingerprint density at radius 2 is 1.77 bits per heavy atom. The second kappa shape index (κ2) is 9.72. The summed E-state index contributed by atoms with van der Waals surface area (Å²) in [4.78, 5) is 38.8. The maximum absolute atomic E-state index is 13.5. The number of likely N-dealkylation sites (tertiary alicyclic amines) is 1. The number of nitrogens with zero attached hydrogens (tertiary/aromatic N) is 2. The van der Waals surface area contributed by atoms with E-state index >= 15 is 0 Å². The van der Waals surface area contributed by atoms with Gasteiger partial charge in [-0.3, -0.25) is 14.4 Å². The average molecular weight is 477 g/mol. The van der Waals surface area contributed by atoms with Gasteiger partial charge in [0.05, 0.1) is 24.1 Å². The van der Waals surface area contributed by atoms with E-state index in [1.165, 1.54) is 24.8 Å². The molecule has 0 spiro atoms. The first-order valence-electron chi connectivity index (χ1n) is 12.6. The lowest BCUT2D eigenvalue weighted by Crippen LogP contribution is -2.41. The van der Waals surface area contributed by atoms with E-state index in [4.69, 9.17) is 4.42 Å². The molecule has 0 atom stereocenters. The Labute approximate surface area is 204 Å². The van der Waals surface area contributed by atoms with Gasteiger partial charge in [-0.1, -0.05) is 31.4 Å². The highest BCUT2D eigenvalue weighted by Crippen LogP contribution is 2.44. The molecule has 3 heterocycles. The van der Waals surface area contributed by atoms with E-state index in [1.54, 1.807) is 24.3 Å². The van der Waals surface area contributed by atoms with Gasteiger partial charge in [-0.25, -0.2) is 0 Å². The smallest absolute Gasteiger partial charge is 0.306 e. The fourth-order valence-corrected chi connectivity index (χ4v) is 5.89. The van der Waals surface area contributed by atoms with Crippen molar-refractivity contribution in [3.8, 4) is 11.3 Å². The summed E-state index contributed by atoms with van der Waals surface area (Å²) >= 11 is 0. The monoisotopic (exact) mass is 476 g/mol. The second-order valence-electron chi connectivity index (χ2n) is 9.98. The van der Waals surface area contributed by atoms with Crippen LogP contribution in [0, 0.1) is 5.92 Å². The fraction of sp³-hybridized carbons (Fsp3) is 0.464. The molecule has 35 heavy (non-hydrogen) atoms. The molecule has 184 valence electrons. The molecule has 3 aromatic rings. The Balaban J connectivity index is 1.60. The molecule has 1 saturated heterocycles. The molecule has 0 bridgehead atoms. The molecule has 2 aliphatic rings. The summed E-state index contributed by atoms with van der Waals surface area (Å²) in [5.74, 6) is -0.819. The van der Waals surface area contributed by atoms with Crippen LogP contribution >= 0.6 is 0 Å². The summed E-state index contributed by atoms with van der Waals surface area (Å²) in [6.07, 6.45) is 10.2. The fourth-order valence-electron chi connectivity index (χ4n) is 5.89. The molecule has 0 radical (unpaired) electrons. The zero-order valence-corrected chi connectivity index (χ0v) is 20.2. The van der Waals surface area contributed by atoms with Crippen LogP contribution in [0.1, 0.15) is 73.7 Å². The summed E-state index contributed by atoms with van der Waals surface area (Å²) in [5, 5.41) is 10.4. The van der Waals surface area contributed by atoms with Gasteiger partial charge in [-0.05, 0) is 56.2 Å². The highest BCUT2D eigenvalue weighted by Gasteiger charge is 2.31. The summed E-state index contributed by atoms with van der Waals surface area (Å²) in [6, 6.07) is 7.78. The molecule has 2 aromatic heterocycles. The predicted molar refractivity (Wildman–Crippen MR) is 132 cm³/mol. The lowest BCUT2D eigenvalue weighted by Gasteiger charge is -2.30. The number of hydrogen-bond donors (Lipinski definition) is 1. The maximum atomic E-state index is 13.5. The molecule has 0 unspecified atom stereocenters. The maximum Gasteiger partial charge on any atom is 0.306 e. The van der Waals surface area contributed by atoms with Crippen LogP contribution in [0.15, 0.2) is 41.2 Å². The highest BCUT2D eigenvalue weighted by atomic mass is 16.4.